The fourth-order valence-corrected chi connectivity index (χ4v) is 3.82. The van der Waals surface area contributed by atoms with Crippen molar-refractivity contribution in [2.75, 3.05) is 7.05 Å². The summed E-state index contributed by atoms with van der Waals surface area (Å²) in [5.74, 6) is -0.866. The van der Waals surface area contributed by atoms with E-state index >= 15 is 0 Å². The van der Waals surface area contributed by atoms with Gasteiger partial charge in [0.05, 0.1) is 18.5 Å². The lowest BCUT2D eigenvalue weighted by molar-refractivity contribution is -0.141. The van der Waals surface area contributed by atoms with E-state index in [0.29, 0.717) is 24.9 Å². The Morgan fingerprint density at radius 2 is 2.21 bits per heavy atom. The largest absolute Gasteiger partial charge is 0.351 e. The molecule has 0 unspecified atom stereocenters. The molecule has 4 nitrogen and oxygen atoms in total. The van der Waals surface area contributed by atoms with Gasteiger partial charge in [0.1, 0.15) is 5.82 Å². The van der Waals surface area contributed by atoms with Crippen molar-refractivity contribution in [3.63, 3.8) is 0 Å². The first-order valence-electron chi connectivity index (χ1n) is 7.87. The Labute approximate surface area is 144 Å². The number of carbonyl (C=O) groups is 2. The van der Waals surface area contributed by atoms with Crippen LogP contribution in [0.2, 0.25) is 0 Å². The summed E-state index contributed by atoms with van der Waals surface area (Å²) in [5, 5.41) is 4.91. The minimum Gasteiger partial charge on any atom is -0.351 e. The van der Waals surface area contributed by atoms with Gasteiger partial charge in [-0.3, -0.25) is 9.59 Å². The summed E-state index contributed by atoms with van der Waals surface area (Å²) in [6, 6.07) is 9.60. The second-order valence-corrected chi connectivity index (χ2v) is 6.98. The third kappa shape index (κ3) is 3.48. The predicted octanol–water partition coefficient (Wildman–Crippen LogP) is 3.11. The highest BCUT2D eigenvalue weighted by Gasteiger charge is 2.38. The topological polar surface area (TPSA) is 49.4 Å². The van der Waals surface area contributed by atoms with Gasteiger partial charge in [-0.1, -0.05) is 18.2 Å². The van der Waals surface area contributed by atoms with Crippen LogP contribution in [0.25, 0.3) is 0 Å². The van der Waals surface area contributed by atoms with Gasteiger partial charge in [-0.2, -0.15) is 0 Å². The van der Waals surface area contributed by atoms with Crippen molar-refractivity contribution >= 4 is 23.2 Å². The molecule has 0 aliphatic carbocycles. The van der Waals surface area contributed by atoms with Gasteiger partial charge in [0.25, 0.3) is 0 Å². The molecule has 2 atom stereocenters. The van der Waals surface area contributed by atoms with Gasteiger partial charge in [-0.15, -0.1) is 11.3 Å². The zero-order valence-corrected chi connectivity index (χ0v) is 14.2. The van der Waals surface area contributed by atoms with Crippen LogP contribution < -0.4 is 5.32 Å². The van der Waals surface area contributed by atoms with Gasteiger partial charge in [-0.25, -0.2) is 4.39 Å². The molecule has 6 heteroatoms. The third-order valence-electron chi connectivity index (χ3n) is 4.40. The molecule has 3 rings (SSSR count). The number of likely N-dealkylation sites (tertiary alicyclic amines) is 1. The number of benzene rings is 1. The summed E-state index contributed by atoms with van der Waals surface area (Å²) in [5.41, 5.74) is 0.654. The fourth-order valence-electron chi connectivity index (χ4n) is 3.18. The van der Waals surface area contributed by atoms with Gasteiger partial charge in [0.2, 0.25) is 11.8 Å². The number of nitrogens with zero attached hydrogens (tertiary/aromatic N) is 1. The van der Waals surface area contributed by atoms with Crippen molar-refractivity contribution in [1.82, 2.24) is 10.2 Å². The van der Waals surface area contributed by atoms with E-state index in [1.54, 1.807) is 35.4 Å². The number of thiophene rings is 1. The molecule has 1 aliphatic rings. The van der Waals surface area contributed by atoms with E-state index in [9.17, 15) is 14.0 Å². The number of rotatable bonds is 4. The molecule has 0 radical (unpaired) electrons. The Morgan fingerprint density at radius 1 is 1.38 bits per heavy atom. The molecule has 2 aromatic rings. The lowest BCUT2D eigenvalue weighted by atomic mass is 9.84. The zero-order valence-electron chi connectivity index (χ0n) is 13.4. The molecule has 0 saturated carbocycles. The minimum atomic E-state index is -0.440. The number of carbonyl (C=O) groups excluding carboxylic acids is 2. The van der Waals surface area contributed by atoms with E-state index in [1.807, 2.05) is 17.5 Å². The van der Waals surface area contributed by atoms with Gasteiger partial charge >= 0.3 is 0 Å². The first-order chi connectivity index (χ1) is 11.6. The van der Waals surface area contributed by atoms with Gasteiger partial charge < -0.3 is 10.2 Å². The summed E-state index contributed by atoms with van der Waals surface area (Å²) in [7, 11) is 1.68. The van der Waals surface area contributed by atoms with Crippen molar-refractivity contribution < 1.29 is 14.0 Å². The number of nitrogens with one attached hydrogen (secondary N) is 1. The van der Waals surface area contributed by atoms with E-state index in [0.717, 1.165) is 4.88 Å². The Bertz CT molecular complexity index is 732. The van der Waals surface area contributed by atoms with Crippen LogP contribution in [0.4, 0.5) is 4.39 Å². The standard InChI is InChI=1S/C18H19FN2O2S/c1-21-16(22)8-7-15(17(21)12-4-2-5-13(19)10-12)18(23)20-11-14-6-3-9-24-14/h2-6,9-10,15,17H,7-8,11H2,1H3,(H,20,23)/t15-,17+/m1/s1. The van der Waals surface area contributed by atoms with Crippen LogP contribution >= 0.6 is 11.3 Å². The van der Waals surface area contributed by atoms with E-state index in [-0.39, 0.29) is 23.5 Å². The van der Waals surface area contributed by atoms with Crippen LogP contribution in [0.1, 0.15) is 29.3 Å². The summed E-state index contributed by atoms with van der Waals surface area (Å²) in [6.45, 7) is 0.473. The Hall–Kier alpha value is -2.21. The average molecular weight is 346 g/mol. The lowest BCUT2D eigenvalue weighted by Gasteiger charge is -2.38. The third-order valence-corrected chi connectivity index (χ3v) is 5.28. The smallest absolute Gasteiger partial charge is 0.225 e. The van der Waals surface area contributed by atoms with Gasteiger partial charge in [0, 0.05) is 18.3 Å². The van der Waals surface area contributed by atoms with Gasteiger partial charge in [-0.05, 0) is 35.6 Å². The Balaban J connectivity index is 1.80. The van der Waals surface area contributed by atoms with Crippen LogP contribution in [0.15, 0.2) is 41.8 Å². The molecule has 0 bridgehead atoms. The maximum Gasteiger partial charge on any atom is 0.225 e. The van der Waals surface area contributed by atoms with Crippen LogP contribution in [0.5, 0.6) is 0 Å². The van der Waals surface area contributed by atoms with E-state index in [1.165, 1.54) is 12.1 Å². The minimum absolute atomic E-state index is 0.0217. The lowest BCUT2D eigenvalue weighted by Crippen LogP contribution is -2.46. The molecule has 2 heterocycles. The molecule has 1 N–H and O–H groups in total. The molecule has 2 amide bonds. The predicted molar refractivity (Wildman–Crippen MR) is 90.8 cm³/mol. The molecular weight excluding hydrogens is 327 g/mol. The van der Waals surface area contributed by atoms with Crippen LogP contribution in [0.3, 0.4) is 0 Å². The van der Waals surface area contributed by atoms with E-state index in [4.69, 9.17) is 0 Å². The number of hydrogen-bond acceptors (Lipinski definition) is 3. The molecule has 1 aliphatic heterocycles. The highest BCUT2D eigenvalue weighted by molar-refractivity contribution is 7.09. The molecule has 126 valence electrons. The monoisotopic (exact) mass is 346 g/mol. The number of halogens is 1. The highest BCUT2D eigenvalue weighted by atomic mass is 32.1. The maximum atomic E-state index is 13.6. The number of amides is 2. The fraction of sp³-hybridized carbons (Fsp3) is 0.333. The summed E-state index contributed by atoms with van der Waals surface area (Å²) in [6.07, 6.45) is 0.806. The van der Waals surface area contributed by atoms with Crippen molar-refractivity contribution in [3.05, 3.63) is 58.0 Å². The SMILES string of the molecule is CN1C(=O)CC[C@@H](C(=O)NCc2cccs2)[C@@H]1c1cccc(F)c1. The number of hydrogen-bond donors (Lipinski definition) is 1. The molecule has 1 aromatic carbocycles. The normalized spacial score (nSPS) is 20.9. The highest BCUT2D eigenvalue weighted by Crippen LogP contribution is 2.36. The first-order valence-corrected chi connectivity index (χ1v) is 8.75. The van der Waals surface area contributed by atoms with Crippen molar-refractivity contribution in [2.24, 2.45) is 5.92 Å². The second-order valence-electron chi connectivity index (χ2n) is 5.95. The average Bonchev–Trinajstić information content (AvgIpc) is 3.08. The molecule has 0 spiro atoms. The maximum absolute atomic E-state index is 13.6. The quantitative estimate of drug-likeness (QED) is 0.925. The molecular formula is C18H19FN2O2S. The van der Waals surface area contributed by atoms with Crippen molar-refractivity contribution in [1.29, 1.82) is 0 Å². The second kappa shape index (κ2) is 7.13. The van der Waals surface area contributed by atoms with Gasteiger partial charge in [0.15, 0.2) is 0 Å². The van der Waals surface area contributed by atoms with Crippen LogP contribution in [-0.4, -0.2) is 23.8 Å². The molecule has 1 aromatic heterocycles. The molecule has 1 fully saturated rings. The molecule has 24 heavy (non-hydrogen) atoms. The van der Waals surface area contributed by atoms with Crippen LogP contribution in [-0.2, 0) is 16.1 Å². The zero-order chi connectivity index (χ0) is 17.1. The number of piperidine rings is 1. The summed E-state index contributed by atoms with van der Waals surface area (Å²) < 4.78 is 13.6. The summed E-state index contributed by atoms with van der Waals surface area (Å²) in [4.78, 5) is 27.4. The van der Waals surface area contributed by atoms with Crippen molar-refractivity contribution in [2.45, 2.75) is 25.4 Å². The van der Waals surface area contributed by atoms with Crippen LogP contribution in [0, 0.1) is 11.7 Å². The first kappa shape index (κ1) is 16.6. The Kier molecular flexibility index (Phi) is 4.94. The van der Waals surface area contributed by atoms with E-state index < -0.39 is 6.04 Å². The Morgan fingerprint density at radius 3 is 2.92 bits per heavy atom. The van der Waals surface area contributed by atoms with E-state index in [2.05, 4.69) is 5.32 Å². The van der Waals surface area contributed by atoms with Crippen molar-refractivity contribution in [3.8, 4) is 0 Å². The molecule has 1 saturated heterocycles. The summed E-state index contributed by atoms with van der Waals surface area (Å²) >= 11 is 1.58.